The molecule has 0 aliphatic carbocycles. The number of rotatable bonds is 16. The average Bonchev–Trinajstić information content (AvgIpc) is 2.92. The summed E-state index contributed by atoms with van der Waals surface area (Å²) < 4.78 is 10.7. The second-order valence-electron chi connectivity index (χ2n) is 11.3. The first-order valence-corrected chi connectivity index (χ1v) is 14.7. The van der Waals surface area contributed by atoms with Crippen molar-refractivity contribution in [3.8, 4) is 0 Å². The van der Waals surface area contributed by atoms with Gasteiger partial charge in [-0.3, -0.25) is 19.8 Å². The van der Waals surface area contributed by atoms with Crippen molar-refractivity contribution in [3.63, 3.8) is 0 Å². The number of nitrogens with one attached hydrogen (secondary N) is 5. The number of ether oxygens (including phenoxy) is 2. The molecule has 2 amide bonds. The molecular weight excluding hydrogens is 548 g/mol. The van der Waals surface area contributed by atoms with E-state index in [4.69, 9.17) is 14.6 Å². The van der Waals surface area contributed by atoms with E-state index >= 15 is 0 Å². The van der Waals surface area contributed by atoms with E-state index in [1.807, 2.05) is 27.7 Å². The van der Waals surface area contributed by atoms with Gasteiger partial charge in [0.15, 0.2) is 0 Å². The van der Waals surface area contributed by atoms with Crippen LogP contribution in [0, 0.1) is 0 Å². The largest absolute Gasteiger partial charge is 0.411 e. The smallest absolute Gasteiger partial charge is 0.220 e. The second-order valence-corrected chi connectivity index (χ2v) is 11.3. The van der Waals surface area contributed by atoms with Gasteiger partial charge in [-0.05, 0) is 34.6 Å². The Morgan fingerprint density at radius 2 is 1.33 bits per heavy atom. The zero-order valence-electron chi connectivity index (χ0n) is 26.0. The molecule has 0 bridgehead atoms. The molecule has 0 unspecified atom stereocenters. The van der Waals surface area contributed by atoms with Crippen molar-refractivity contribution >= 4 is 23.2 Å². The first kappa shape index (κ1) is 37.6. The topological polar surface area (TPSA) is 201 Å². The van der Waals surface area contributed by atoms with Crippen molar-refractivity contribution in [2.45, 2.75) is 71.2 Å². The van der Waals surface area contributed by atoms with Gasteiger partial charge in [-0.1, -0.05) is 10.3 Å². The van der Waals surface area contributed by atoms with E-state index < -0.39 is 17.3 Å². The molecule has 1 heterocycles. The van der Waals surface area contributed by atoms with Crippen LogP contribution in [0.25, 0.3) is 0 Å². The summed E-state index contributed by atoms with van der Waals surface area (Å²) in [5, 5.41) is 50.6. The molecule has 1 rings (SSSR count). The molecule has 15 nitrogen and oxygen atoms in total. The molecule has 1 aliphatic rings. The van der Waals surface area contributed by atoms with E-state index in [0.717, 1.165) is 0 Å². The normalized spacial score (nSPS) is 20.9. The van der Waals surface area contributed by atoms with Gasteiger partial charge in [-0.2, -0.15) is 0 Å². The predicted octanol–water partition coefficient (Wildman–Crippen LogP) is -0.937. The Morgan fingerprint density at radius 3 is 1.81 bits per heavy atom. The van der Waals surface area contributed by atoms with Crippen LogP contribution in [-0.4, -0.2) is 140 Å². The van der Waals surface area contributed by atoms with Crippen molar-refractivity contribution in [1.82, 2.24) is 31.5 Å². The van der Waals surface area contributed by atoms with Crippen LogP contribution in [0.4, 0.5) is 0 Å². The van der Waals surface area contributed by atoms with Crippen LogP contribution in [0.1, 0.15) is 53.9 Å². The number of carbonyl (C=O) groups is 2. The van der Waals surface area contributed by atoms with Crippen molar-refractivity contribution in [2.24, 2.45) is 10.3 Å². The molecule has 1 atom stereocenters. The van der Waals surface area contributed by atoms with Crippen LogP contribution >= 0.6 is 0 Å². The maximum atomic E-state index is 12.3. The summed E-state index contributed by atoms with van der Waals surface area (Å²) in [6.45, 7) is 15.5. The molecule has 1 fully saturated rings. The highest BCUT2D eigenvalue weighted by Gasteiger charge is 2.33. The van der Waals surface area contributed by atoms with E-state index in [0.29, 0.717) is 90.2 Å². The fraction of sp³-hybridized carbons (Fsp3) is 0.852. The zero-order chi connectivity index (χ0) is 31.4. The van der Waals surface area contributed by atoms with Crippen LogP contribution in [0.5, 0.6) is 0 Å². The highest BCUT2D eigenvalue weighted by atomic mass is 16.5. The van der Waals surface area contributed by atoms with E-state index in [1.165, 1.54) is 0 Å². The lowest BCUT2D eigenvalue weighted by molar-refractivity contribution is -0.126. The van der Waals surface area contributed by atoms with Crippen LogP contribution in [-0.2, 0) is 19.1 Å². The lowest BCUT2D eigenvalue weighted by Crippen LogP contribution is -2.56. The molecule has 244 valence electrons. The van der Waals surface area contributed by atoms with Gasteiger partial charge in [0.2, 0.25) is 11.8 Å². The van der Waals surface area contributed by atoms with Crippen LogP contribution in [0.2, 0.25) is 0 Å². The van der Waals surface area contributed by atoms with Crippen molar-refractivity contribution in [1.29, 1.82) is 0 Å². The van der Waals surface area contributed by atoms with Gasteiger partial charge in [-0.25, -0.2) is 0 Å². The Morgan fingerprint density at radius 1 is 0.857 bits per heavy atom. The maximum Gasteiger partial charge on any atom is 0.220 e. The molecule has 1 aliphatic heterocycles. The van der Waals surface area contributed by atoms with E-state index in [9.17, 15) is 20.0 Å². The first-order valence-electron chi connectivity index (χ1n) is 14.7. The summed E-state index contributed by atoms with van der Waals surface area (Å²) >= 11 is 0. The lowest BCUT2D eigenvalue weighted by atomic mass is 9.87. The number of hydrogen-bond acceptors (Lipinski definition) is 13. The number of aliphatic hydroxyl groups is 1. The number of amides is 2. The molecule has 0 aromatic carbocycles. The SMILES string of the molecule is C[C@H](O)NCCOCCOCCNC(=O)CCC(=O)NCCN1CCNC(C)(C)/C(=N\O)C/C(=N/O)C(C)(C)NCC1. The molecule has 15 heteroatoms. The van der Waals surface area contributed by atoms with Gasteiger partial charge < -0.3 is 46.3 Å². The predicted molar refractivity (Wildman–Crippen MR) is 160 cm³/mol. The van der Waals surface area contributed by atoms with Gasteiger partial charge >= 0.3 is 0 Å². The molecule has 42 heavy (non-hydrogen) atoms. The fourth-order valence-electron chi connectivity index (χ4n) is 4.20. The summed E-state index contributed by atoms with van der Waals surface area (Å²) in [5.74, 6) is -0.402. The minimum absolute atomic E-state index is 0.0937. The fourth-order valence-corrected chi connectivity index (χ4v) is 4.20. The van der Waals surface area contributed by atoms with Gasteiger partial charge in [0.25, 0.3) is 0 Å². The van der Waals surface area contributed by atoms with E-state index in [-0.39, 0.29) is 31.1 Å². The highest BCUT2D eigenvalue weighted by molar-refractivity contribution is 6.11. The Balaban J connectivity index is 2.33. The van der Waals surface area contributed by atoms with Gasteiger partial charge in [0, 0.05) is 71.6 Å². The molecule has 1 saturated heterocycles. The minimum atomic E-state index is -0.626. The first-order chi connectivity index (χ1) is 19.9. The van der Waals surface area contributed by atoms with Crippen molar-refractivity contribution in [3.05, 3.63) is 0 Å². The molecule has 0 aromatic heterocycles. The Labute approximate surface area is 249 Å². The van der Waals surface area contributed by atoms with Crippen LogP contribution < -0.4 is 26.6 Å². The Kier molecular flexibility index (Phi) is 18.4. The Hall–Kier alpha value is -2.40. The van der Waals surface area contributed by atoms with Crippen molar-refractivity contribution in [2.75, 3.05) is 78.8 Å². The van der Waals surface area contributed by atoms with Gasteiger partial charge in [0.1, 0.15) is 6.23 Å². The quantitative estimate of drug-likeness (QED) is 0.0469. The summed E-state index contributed by atoms with van der Waals surface area (Å²) in [5.41, 5.74) is -0.327. The number of aliphatic hydroxyl groups excluding tert-OH is 1. The molecule has 0 radical (unpaired) electrons. The molecule has 0 saturated carbocycles. The number of carbonyl (C=O) groups excluding carboxylic acids is 2. The van der Waals surface area contributed by atoms with E-state index in [2.05, 4.69) is 41.8 Å². The zero-order valence-corrected chi connectivity index (χ0v) is 26.0. The van der Waals surface area contributed by atoms with Gasteiger partial charge in [-0.15, -0.1) is 0 Å². The van der Waals surface area contributed by atoms with E-state index in [1.54, 1.807) is 6.92 Å². The second kappa shape index (κ2) is 20.5. The summed E-state index contributed by atoms with van der Waals surface area (Å²) in [7, 11) is 0. The molecular formula is C27H54N8O7. The average molecular weight is 603 g/mol. The number of hydrogen-bond donors (Lipinski definition) is 8. The monoisotopic (exact) mass is 602 g/mol. The summed E-state index contributed by atoms with van der Waals surface area (Å²) in [6, 6.07) is 0. The maximum absolute atomic E-state index is 12.3. The number of nitrogens with zero attached hydrogens (tertiary/aromatic N) is 3. The standard InChI is InChI=1S/C27H54N8O7/c1-21(36)28-11-16-41-18-19-42-17-12-30-25(38)7-6-24(37)29-8-13-35-14-9-31-26(2,3)22(33-39)20-23(34-40)27(4,5)32-10-15-35/h21,28,31-32,36,39-40H,6-20H2,1-5H3,(H,29,37)(H,30,38)/b33-22-,34-23-/t21-/m0/s1. The van der Waals surface area contributed by atoms with Crippen LogP contribution in [0.3, 0.4) is 0 Å². The third-order valence-electron chi connectivity index (χ3n) is 6.97. The molecule has 8 N–H and O–H groups in total. The molecule has 0 spiro atoms. The lowest BCUT2D eigenvalue weighted by Gasteiger charge is -2.34. The molecule has 0 aromatic rings. The Bertz CT molecular complexity index is 816. The van der Waals surface area contributed by atoms with Crippen molar-refractivity contribution < 1.29 is 34.6 Å². The third-order valence-corrected chi connectivity index (χ3v) is 6.97. The minimum Gasteiger partial charge on any atom is -0.411 e. The van der Waals surface area contributed by atoms with Gasteiger partial charge in [0.05, 0.1) is 48.9 Å². The van der Waals surface area contributed by atoms with Crippen LogP contribution in [0.15, 0.2) is 10.3 Å². The summed E-state index contributed by atoms with van der Waals surface area (Å²) in [4.78, 5) is 26.5. The highest BCUT2D eigenvalue weighted by Crippen LogP contribution is 2.16. The summed E-state index contributed by atoms with van der Waals surface area (Å²) in [6.07, 6.45) is -0.155. The third kappa shape index (κ3) is 16.3. The number of oxime groups is 2.